The van der Waals surface area contributed by atoms with E-state index in [0.717, 1.165) is 4.57 Å². The van der Waals surface area contributed by atoms with Crippen molar-refractivity contribution >= 4 is 18.1 Å². The molecule has 1 aromatic heterocycles. The standard InChI is InChI=1S/C17H20F3N5O2S/c1-22-15(17(18,19)20)21-25(16(22)28)11-23-7-9-24(10-8-23)14(26)12-3-5-13(27-2)6-4-12/h3-6H,7-11H2,1-2H3. The zero-order chi connectivity index (χ0) is 20.5. The molecule has 1 saturated heterocycles. The van der Waals surface area contributed by atoms with Gasteiger partial charge < -0.3 is 9.64 Å². The predicted octanol–water partition coefficient (Wildman–Crippen LogP) is 2.39. The lowest BCUT2D eigenvalue weighted by molar-refractivity contribution is -0.147. The SMILES string of the molecule is COc1ccc(C(=O)N2CCN(Cn3nc(C(F)(F)F)n(C)c3=S)CC2)cc1. The lowest BCUT2D eigenvalue weighted by Crippen LogP contribution is -2.49. The van der Waals surface area contributed by atoms with Crippen LogP contribution in [0, 0.1) is 4.77 Å². The molecule has 1 fully saturated rings. The second kappa shape index (κ2) is 7.92. The molecule has 0 aliphatic carbocycles. The number of ether oxygens (including phenoxy) is 1. The Bertz CT molecular complexity index is 899. The molecule has 0 saturated carbocycles. The number of alkyl halides is 3. The van der Waals surface area contributed by atoms with Crippen molar-refractivity contribution in [3.8, 4) is 5.75 Å². The number of benzene rings is 1. The van der Waals surface area contributed by atoms with Crippen molar-refractivity contribution in [2.24, 2.45) is 7.05 Å². The van der Waals surface area contributed by atoms with E-state index in [1.165, 1.54) is 11.7 Å². The minimum Gasteiger partial charge on any atom is -0.497 e. The molecule has 0 atom stereocenters. The van der Waals surface area contributed by atoms with Gasteiger partial charge in [0.05, 0.1) is 13.8 Å². The van der Waals surface area contributed by atoms with Crippen LogP contribution in [0.4, 0.5) is 13.2 Å². The van der Waals surface area contributed by atoms with Crippen molar-refractivity contribution < 1.29 is 22.7 Å². The number of rotatable bonds is 4. The van der Waals surface area contributed by atoms with Gasteiger partial charge in [-0.25, -0.2) is 4.68 Å². The first-order valence-corrected chi connectivity index (χ1v) is 8.98. The molecule has 2 heterocycles. The molecular weight excluding hydrogens is 395 g/mol. The number of halogens is 3. The molecule has 152 valence electrons. The molecule has 1 aliphatic rings. The minimum absolute atomic E-state index is 0.00376. The van der Waals surface area contributed by atoms with E-state index in [1.54, 1.807) is 36.3 Å². The number of carbonyl (C=O) groups is 1. The Kier molecular flexibility index (Phi) is 5.75. The Labute approximate surface area is 164 Å². The van der Waals surface area contributed by atoms with Crippen LogP contribution < -0.4 is 4.74 Å². The van der Waals surface area contributed by atoms with Gasteiger partial charge in [-0.15, -0.1) is 5.10 Å². The highest BCUT2D eigenvalue weighted by Crippen LogP contribution is 2.27. The second-order valence-electron chi connectivity index (χ2n) is 6.44. The Hall–Kier alpha value is -2.40. The number of methoxy groups -OCH3 is 1. The molecule has 0 bridgehead atoms. The highest BCUT2D eigenvalue weighted by Gasteiger charge is 2.37. The predicted molar refractivity (Wildman–Crippen MR) is 97.5 cm³/mol. The van der Waals surface area contributed by atoms with Gasteiger partial charge in [0.15, 0.2) is 4.77 Å². The number of piperazine rings is 1. The summed E-state index contributed by atoms with van der Waals surface area (Å²) in [5.41, 5.74) is 0.566. The number of carbonyl (C=O) groups excluding carboxylic acids is 1. The quantitative estimate of drug-likeness (QED) is 0.718. The molecule has 2 aromatic rings. The molecular formula is C17H20F3N5O2S. The normalized spacial score (nSPS) is 15.7. The van der Waals surface area contributed by atoms with Crippen molar-refractivity contribution in [3.63, 3.8) is 0 Å². The van der Waals surface area contributed by atoms with E-state index < -0.39 is 12.0 Å². The van der Waals surface area contributed by atoms with Gasteiger partial charge in [-0.3, -0.25) is 14.3 Å². The monoisotopic (exact) mass is 415 g/mol. The van der Waals surface area contributed by atoms with Gasteiger partial charge in [-0.2, -0.15) is 13.2 Å². The summed E-state index contributed by atoms with van der Waals surface area (Å²) in [7, 11) is 2.81. The Morgan fingerprint density at radius 3 is 2.29 bits per heavy atom. The first kappa shape index (κ1) is 20.3. The fraction of sp³-hybridized carbons (Fsp3) is 0.471. The third-order valence-corrected chi connectivity index (χ3v) is 5.11. The molecule has 11 heteroatoms. The van der Waals surface area contributed by atoms with Crippen LogP contribution in [0.25, 0.3) is 0 Å². The third kappa shape index (κ3) is 4.20. The van der Waals surface area contributed by atoms with Crippen molar-refractivity contribution in [1.29, 1.82) is 0 Å². The molecule has 7 nitrogen and oxygen atoms in total. The van der Waals surface area contributed by atoms with Crippen LogP contribution in [0.1, 0.15) is 16.2 Å². The number of nitrogens with zero attached hydrogens (tertiary/aromatic N) is 5. The van der Waals surface area contributed by atoms with Crippen LogP contribution in [-0.4, -0.2) is 63.3 Å². The highest BCUT2D eigenvalue weighted by molar-refractivity contribution is 7.71. The summed E-state index contributed by atoms with van der Waals surface area (Å²) >= 11 is 5.06. The summed E-state index contributed by atoms with van der Waals surface area (Å²) in [6.07, 6.45) is -4.56. The van der Waals surface area contributed by atoms with E-state index in [1.807, 2.05) is 4.90 Å². The third-order valence-electron chi connectivity index (χ3n) is 4.62. The van der Waals surface area contributed by atoms with Gasteiger partial charge >= 0.3 is 6.18 Å². The van der Waals surface area contributed by atoms with E-state index in [9.17, 15) is 18.0 Å². The molecule has 0 N–H and O–H groups in total. The van der Waals surface area contributed by atoms with E-state index in [4.69, 9.17) is 17.0 Å². The van der Waals surface area contributed by atoms with Gasteiger partial charge in [0.2, 0.25) is 5.82 Å². The molecule has 3 rings (SSSR count). The van der Waals surface area contributed by atoms with Crippen LogP contribution in [0.15, 0.2) is 24.3 Å². The summed E-state index contributed by atoms with van der Waals surface area (Å²) in [6.45, 7) is 2.12. The summed E-state index contributed by atoms with van der Waals surface area (Å²) in [4.78, 5) is 16.2. The maximum Gasteiger partial charge on any atom is 0.451 e. The van der Waals surface area contributed by atoms with Crippen molar-refractivity contribution in [2.45, 2.75) is 12.8 Å². The van der Waals surface area contributed by atoms with Crippen LogP contribution in [0.2, 0.25) is 0 Å². The van der Waals surface area contributed by atoms with Crippen LogP contribution in [0.3, 0.4) is 0 Å². The summed E-state index contributed by atoms with van der Waals surface area (Å²) in [5, 5.41) is 3.61. The van der Waals surface area contributed by atoms with Gasteiger partial charge in [-0.1, -0.05) is 0 Å². The molecule has 1 amide bonds. The van der Waals surface area contributed by atoms with E-state index >= 15 is 0 Å². The molecule has 0 unspecified atom stereocenters. The number of hydrogen-bond acceptors (Lipinski definition) is 5. The summed E-state index contributed by atoms with van der Waals surface area (Å²) in [6, 6.07) is 6.87. The smallest absolute Gasteiger partial charge is 0.451 e. The van der Waals surface area contributed by atoms with Crippen molar-refractivity contribution in [3.05, 3.63) is 40.4 Å². The van der Waals surface area contributed by atoms with Crippen LogP contribution in [0.5, 0.6) is 5.75 Å². The Morgan fingerprint density at radius 1 is 1.18 bits per heavy atom. The highest BCUT2D eigenvalue weighted by atomic mass is 32.1. The second-order valence-corrected chi connectivity index (χ2v) is 6.81. The number of aromatic nitrogens is 3. The minimum atomic E-state index is -4.56. The van der Waals surface area contributed by atoms with E-state index in [0.29, 0.717) is 37.5 Å². The fourth-order valence-electron chi connectivity index (χ4n) is 3.02. The summed E-state index contributed by atoms with van der Waals surface area (Å²) < 4.78 is 46.0. The van der Waals surface area contributed by atoms with Gasteiger partial charge in [0.1, 0.15) is 5.75 Å². The number of amides is 1. The first-order chi connectivity index (χ1) is 13.2. The maximum atomic E-state index is 13.0. The van der Waals surface area contributed by atoms with Crippen molar-refractivity contribution in [2.75, 3.05) is 33.3 Å². The average molecular weight is 415 g/mol. The van der Waals surface area contributed by atoms with Gasteiger partial charge in [0.25, 0.3) is 5.91 Å². The Balaban J connectivity index is 1.61. The van der Waals surface area contributed by atoms with Crippen LogP contribution >= 0.6 is 12.2 Å². The topological polar surface area (TPSA) is 55.5 Å². The zero-order valence-electron chi connectivity index (χ0n) is 15.4. The maximum absolute atomic E-state index is 13.0. The first-order valence-electron chi connectivity index (χ1n) is 8.57. The van der Waals surface area contributed by atoms with Gasteiger partial charge in [0, 0.05) is 38.8 Å². The lowest BCUT2D eigenvalue weighted by Gasteiger charge is -2.34. The molecule has 0 spiro atoms. The summed E-state index contributed by atoms with van der Waals surface area (Å²) in [5.74, 6) is -0.436. The lowest BCUT2D eigenvalue weighted by atomic mass is 10.1. The van der Waals surface area contributed by atoms with E-state index in [2.05, 4.69) is 5.10 Å². The molecule has 1 aliphatic heterocycles. The Morgan fingerprint density at radius 2 is 1.79 bits per heavy atom. The average Bonchev–Trinajstić information content (AvgIpc) is 2.97. The zero-order valence-corrected chi connectivity index (χ0v) is 16.3. The number of hydrogen-bond donors (Lipinski definition) is 0. The molecule has 0 radical (unpaired) electrons. The molecule has 1 aromatic carbocycles. The largest absolute Gasteiger partial charge is 0.497 e. The van der Waals surface area contributed by atoms with Crippen molar-refractivity contribution in [1.82, 2.24) is 24.1 Å². The fourth-order valence-corrected chi connectivity index (χ4v) is 3.21. The van der Waals surface area contributed by atoms with E-state index in [-0.39, 0.29) is 17.3 Å². The molecule has 28 heavy (non-hydrogen) atoms. The van der Waals surface area contributed by atoms with Gasteiger partial charge in [-0.05, 0) is 36.5 Å². The van der Waals surface area contributed by atoms with Crippen LogP contribution in [-0.2, 0) is 19.9 Å².